The number of rotatable bonds is 3. The number of fused-ring (bicyclic) bond motifs is 4. The highest BCUT2D eigenvalue weighted by Gasteiger charge is 2.60. The molecule has 0 saturated carbocycles. The van der Waals surface area contributed by atoms with Gasteiger partial charge in [-0.3, -0.25) is 4.79 Å². The van der Waals surface area contributed by atoms with Crippen LogP contribution in [-0.4, -0.2) is 28.3 Å². The molecule has 1 atom stereocenters. The van der Waals surface area contributed by atoms with Crippen molar-refractivity contribution in [1.29, 1.82) is 0 Å². The Labute approximate surface area is 188 Å². The minimum absolute atomic E-state index is 0.0962. The SMILES string of the molecule is CCOC(=O)C1=C(N)Oc2c(c(C)nn2-c2ccccc2)C12C(=O)Nc1ccc(Cl)cc12. The van der Waals surface area contributed by atoms with Gasteiger partial charge >= 0.3 is 5.97 Å². The zero-order chi connectivity index (χ0) is 22.6. The maximum absolute atomic E-state index is 13.7. The van der Waals surface area contributed by atoms with E-state index in [1.165, 1.54) is 0 Å². The summed E-state index contributed by atoms with van der Waals surface area (Å²) >= 11 is 6.31. The summed E-state index contributed by atoms with van der Waals surface area (Å²) in [5, 5.41) is 7.90. The standard InChI is InChI=1S/C23H19ClN4O4/c1-3-31-21(29)18-19(25)32-20-17(12(2)27-28(20)14-7-5-4-6-8-14)23(18)15-11-13(24)9-10-16(15)26-22(23)30/h4-11H,3,25H2,1-2H3,(H,26,30). The molecular formula is C23H19ClN4O4. The molecule has 1 unspecified atom stereocenters. The Morgan fingerprint density at radius 1 is 1.28 bits per heavy atom. The number of nitrogens with zero attached hydrogens (tertiary/aromatic N) is 2. The molecule has 3 aromatic rings. The number of anilines is 1. The Morgan fingerprint density at radius 2 is 2.03 bits per heavy atom. The lowest BCUT2D eigenvalue weighted by Crippen LogP contribution is -2.46. The Hall–Kier alpha value is -3.78. The first-order valence-electron chi connectivity index (χ1n) is 10.0. The van der Waals surface area contributed by atoms with Crippen LogP contribution in [0.1, 0.15) is 23.7 Å². The average molecular weight is 451 g/mol. The van der Waals surface area contributed by atoms with Crippen LogP contribution in [0.15, 0.2) is 60.0 Å². The van der Waals surface area contributed by atoms with Crippen LogP contribution in [0.25, 0.3) is 5.69 Å². The van der Waals surface area contributed by atoms with Crippen LogP contribution < -0.4 is 15.8 Å². The molecule has 0 aliphatic carbocycles. The van der Waals surface area contributed by atoms with Crippen LogP contribution in [0, 0.1) is 6.92 Å². The van der Waals surface area contributed by atoms with Gasteiger partial charge in [0.05, 0.1) is 23.6 Å². The zero-order valence-electron chi connectivity index (χ0n) is 17.3. The molecule has 162 valence electrons. The summed E-state index contributed by atoms with van der Waals surface area (Å²) in [6.07, 6.45) is 0. The molecule has 2 aliphatic heterocycles. The predicted octanol–water partition coefficient (Wildman–Crippen LogP) is 3.20. The van der Waals surface area contributed by atoms with E-state index in [-0.39, 0.29) is 23.9 Å². The highest BCUT2D eigenvalue weighted by atomic mass is 35.5. The Balaban J connectivity index is 1.89. The van der Waals surface area contributed by atoms with Crippen molar-refractivity contribution in [3.05, 3.63) is 81.8 Å². The van der Waals surface area contributed by atoms with Crippen molar-refractivity contribution in [3.63, 3.8) is 0 Å². The molecule has 2 aromatic carbocycles. The van der Waals surface area contributed by atoms with Gasteiger partial charge in [0.25, 0.3) is 0 Å². The van der Waals surface area contributed by atoms with Crippen LogP contribution >= 0.6 is 11.6 Å². The molecule has 0 bridgehead atoms. The van der Waals surface area contributed by atoms with E-state index in [1.807, 2.05) is 30.3 Å². The summed E-state index contributed by atoms with van der Waals surface area (Å²) in [7, 11) is 0. The number of carbonyl (C=O) groups excluding carboxylic acids is 2. The summed E-state index contributed by atoms with van der Waals surface area (Å²) in [6.45, 7) is 3.53. The van der Waals surface area contributed by atoms with Gasteiger partial charge in [0.15, 0.2) is 0 Å². The normalized spacial score (nSPS) is 18.8. The Bertz CT molecular complexity index is 1320. The van der Waals surface area contributed by atoms with Crippen LogP contribution in [-0.2, 0) is 19.7 Å². The van der Waals surface area contributed by atoms with E-state index in [0.29, 0.717) is 33.2 Å². The molecule has 1 aromatic heterocycles. The molecule has 9 heteroatoms. The largest absolute Gasteiger partial charge is 0.462 e. The summed E-state index contributed by atoms with van der Waals surface area (Å²) in [6, 6.07) is 14.3. The Morgan fingerprint density at radius 3 is 2.75 bits per heavy atom. The molecule has 3 heterocycles. The van der Waals surface area contributed by atoms with Crippen LogP contribution in [0.2, 0.25) is 5.02 Å². The smallest absolute Gasteiger partial charge is 0.341 e. The lowest BCUT2D eigenvalue weighted by Gasteiger charge is -2.34. The molecule has 5 rings (SSSR count). The highest BCUT2D eigenvalue weighted by Crippen LogP contribution is 2.55. The summed E-state index contributed by atoms with van der Waals surface area (Å²) in [5.74, 6) is -1.18. The quantitative estimate of drug-likeness (QED) is 0.593. The number of nitrogens with two attached hydrogens (primary N) is 1. The summed E-state index contributed by atoms with van der Waals surface area (Å²) < 4.78 is 12.8. The molecule has 2 aliphatic rings. The second kappa shape index (κ2) is 7.13. The molecule has 3 N–H and O–H groups in total. The van der Waals surface area contributed by atoms with Gasteiger partial charge in [0, 0.05) is 16.3 Å². The molecule has 8 nitrogen and oxygen atoms in total. The topological polar surface area (TPSA) is 108 Å². The summed E-state index contributed by atoms with van der Waals surface area (Å²) in [4.78, 5) is 26.8. The van der Waals surface area contributed by atoms with Crippen molar-refractivity contribution < 1.29 is 19.1 Å². The third-order valence-corrected chi connectivity index (χ3v) is 5.91. The van der Waals surface area contributed by atoms with Gasteiger partial charge in [0.1, 0.15) is 11.0 Å². The summed E-state index contributed by atoms with van der Waals surface area (Å²) in [5.41, 5.74) is 7.21. The lowest BCUT2D eigenvalue weighted by molar-refractivity contribution is -0.140. The molecule has 32 heavy (non-hydrogen) atoms. The van der Waals surface area contributed by atoms with Crippen molar-refractivity contribution in [3.8, 4) is 11.6 Å². The van der Waals surface area contributed by atoms with Gasteiger partial charge in [-0.05, 0) is 44.2 Å². The third kappa shape index (κ3) is 2.59. The van der Waals surface area contributed by atoms with Gasteiger partial charge in [0.2, 0.25) is 17.7 Å². The van der Waals surface area contributed by atoms with Crippen molar-refractivity contribution in [2.75, 3.05) is 11.9 Å². The van der Waals surface area contributed by atoms with Crippen molar-refractivity contribution in [1.82, 2.24) is 9.78 Å². The number of carbonyl (C=O) groups is 2. The predicted molar refractivity (Wildman–Crippen MR) is 118 cm³/mol. The van der Waals surface area contributed by atoms with E-state index in [9.17, 15) is 9.59 Å². The maximum Gasteiger partial charge on any atom is 0.341 e. The first-order valence-corrected chi connectivity index (χ1v) is 10.4. The van der Waals surface area contributed by atoms with Crippen LogP contribution in [0.5, 0.6) is 5.88 Å². The number of nitrogens with one attached hydrogen (secondary N) is 1. The molecule has 0 saturated heterocycles. The zero-order valence-corrected chi connectivity index (χ0v) is 18.1. The maximum atomic E-state index is 13.7. The van der Waals surface area contributed by atoms with E-state index < -0.39 is 17.3 Å². The monoisotopic (exact) mass is 450 g/mol. The fraction of sp³-hybridized carbons (Fsp3) is 0.174. The van der Waals surface area contributed by atoms with Crippen molar-refractivity contribution in [2.45, 2.75) is 19.3 Å². The third-order valence-electron chi connectivity index (χ3n) is 5.68. The number of para-hydroxylation sites is 1. The van der Waals surface area contributed by atoms with Crippen LogP contribution in [0.3, 0.4) is 0 Å². The van der Waals surface area contributed by atoms with E-state index in [0.717, 1.165) is 0 Å². The number of halogens is 1. The fourth-order valence-corrected chi connectivity index (χ4v) is 4.64. The van der Waals surface area contributed by atoms with E-state index in [2.05, 4.69) is 10.4 Å². The van der Waals surface area contributed by atoms with Crippen molar-refractivity contribution in [2.24, 2.45) is 5.73 Å². The first kappa shape index (κ1) is 20.1. The number of amides is 1. The minimum atomic E-state index is -1.62. The number of ether oxygens (including phenoxy) is 2. The highest BCUT2D eigenvalue weighted by molar-refractivity contribution is 6.31. The number of aromatic nitrogens is 2. The lowest BCUT2D eigenvalue weighted by atomic mass is 9.68. The average Bonchev–Trinajstić information content (AvgIpc) is 3.24. The molecule has 1 amide bonds. The van der Waals surface area contributed by atoms with Crippen molar-refractivity contribution >= 4 is 29.2 Å². The van der Waals surface area contributed by atoms with Gasteiger partial charge in [-0.25, -0.2) is 9.48 Å². The second-order valence-corrected chi connectivity index (χ2v) is 7.91. The van der Waals surface area contributed by atoms with E-state index in [1.54, 1.807) is 36.7 Å². The van der Waals surface area contributed by atoms with Gasteiger partial charge < -0.3 is 20.5 Å². The van der Waals surface area contributed by atoms with E-state index in [4.69, 9.17) is 26.8 Å². The van der Waals surface area contributed by atoms with Crippen LogP contribution in [0.4, 0.5) is 5.69 Å². The molecule has 0 radical (unpaired) electrons. The van der Waals surface area contributed by atoms with Gasteiger partial charge in [-0.2, -0.15) is 5.10 Å². The molecule has 0 fully saturated rings. The van der Waals surface area contributed by atoms with Gasteiger partial charge in [-0.15, -0.1) is 0 Å². The second-order valence-electron chi connectivity index (χ2n) is 7.47. The van der Waals surface area contributed by atoms with E-state index >= 15 is 0 Å². The number of hydrogen-bond donors (Lipinski definition) is 2. The molecular weight excluding hydrogens is 432 g/mol. The number of hydrogen-bond acceptors (Lipinski definition) is 6. The molecule has 1 spiro atoms. The van der Waals surface area contributed by atoms with Gasteiger partial charge in [-0.1, -0.05) is 29.8 Å². The first-order chi connectivity index (χ1) is 15.4. The number of benzene rings is 2. The number of aryl methyl sites for hydroxylation is 1. The fourth-order valence-electron chi connectivity index (χ4n) is 4.47. The minimum Gasteiger partial charge on any atom is -0.462 e. The number of esters is 1. The Kier molecular flexibility index (Phi) is 4.49.